The molecule has 0 unspecified atom stereocenters. The zero-order valence-electron chi connectivity index (χ0n) is 10.7. The summed E-state index contributed by atoms with van der Waals surface area (Å²) in [6, 6.07) is 12.0. The molecular weight excluding hydrogens is 296 g/mol. The number of nitrogens with zero attached hydrogens (tertiary/aromatic N) is 1. The number of rotatable bonds is 4. The molecule has 20 heavy (non-hydrogen) atoms. The van der Waals surface area contributed by atoms with Gasteiger partial charge in [0.2, 0.25) is 5.91 Å². The van der Waals surface area contributed by atoms with Crippen molar-refractivity contribution in [3.05, 3.63) is 58.9 Å². The van der Waals surface area contributed by atoms with E-state index < -0.39 is 5.25 Å². The molecule has 0 aliphatic carbocycles. The predicted octanol–water partition coefficient (Wildman–Crippen LogP) is 3.09. The Labute approximate surface area is 126 Å². The molecule has 0 aliphatic rings. The van der Waals surface area contributed by atoms with Gasteiger partial charge in [-0.15, -0.1) is 0 Å². The highest BCUT2D eigenvalue weighted by molar-refractivity contribution is 8.00. The summed E-state index contributed by atoms with van der Waals surface area (Å²) in [7, 11) is 0. The van der Waals surface area contributed by atoms with E-state index in [-0.39, 0.29) is 5.91 Å². The van der Waals surface area contributed by atoms with Gasteiger partial charge in [0.25, 0.3) is 5.03 Å². The third-order valence-corrected chi connectivity index (χ3v) is 3.91. The van der Waals surface area contributed by atoms with Crippen LogP contribution in [0.3, 0.4) is 0 Å². The van der Waals surface area contributed by atoms with E-state index in [4.69, 9.17) is 11.6 Å². The summed E-state index contributed by atoms with van der Waals surface area (Å²) < 4.78 is 0.744. The van der Waals surface area contributed by atoms with Crippen LogP contribution < -0.4 is 10.0 Å². The molecule has 0 radical (unpaired) electrons. The fraction of sp³-hybridized carbons (Fsp3) is 0.143. The summed E-state index contributed by atoms with van der Waals surface area (Å²) in [6.07, 6.45) is 1.41. The second-order valence-corrected chi connectivity index (χ2v) is 5.92. The normalized spacial score (nSPS) is 11.9. The number of hydrogen-bond donors (Lipinski definition) is 1. The van der Waals surface area contributed by atoms with Crippen LogP contribution in [-0.2, 0) is 4.79 Å². The SMILES string of the molecule is C[C@H](Sc1cccc[n+]1[O-])C(=O)Nc1cccc(Cl)c1. The average Bonchev–Trinajstić information content (AvgIpc) is 2.41. The number of thioether (sulfide) groups is 1. The lowest BCUT2D eigenvalue weighted by molar-refractivity contribution is -0.645. The molecule has 0 fully saturated rings. The molecule has 1 aromatic carbocycles. The molecule has 1 amide bonds. The van der Waals surface area contributed by atoms with Crippen molar-refractivity contribution >= 4 is 35.0 Å². The highest BCUT2D eigenvalue weighted by atomic mass is 35.5. The fourth-order valence-corrected chi connectivity index (χ4v) is 2.59. The van der Waals surface area contributed by atoms with E-state index >= 15 is 0 Å². The highest BCUT2D eigenvalue weighted by Crippen LogP contribution is 2.21. The van der Waals surface area contributed by atoms with Crippen LogP contribution in [0.4, 0.5) is 5.69 Å². The Balaban J connectivity index is 2.01. The van der Waals surface area contributed by atoms with Crippen molar-refractivity contribution in [1.82, 2.24) is 0 Å². The van der Waals surface area contributed by atoms with Crippen LogP contribution in [0, 0.1) is 5.21 Å². The first-order valence-corrected chi connectivity index (χ1v) is 7.23. The molecule has 4 nitrogen and oxygen atoms in total. The summed E-state index contributed by atoms with van der Waals surface area (Å²) in [4.78, 5) is 12.1. The average molecular weight is 309 g/mol. The maximum atomic E-state index is 12.1. The highest BCUT2D eigenvalue weighted by Gasteiger charge is 2.18. The Morgan fingerprint density at radius 1 is 1.35 bits per heavy atom. The topological polar surface area (TPSA) is 56.0 Å². The van der Waals surface area contributed by atoms with Crippen molar-refractivity contribution in [3.8, 4) is 0 Å². The number of pyridine rings is 1. The van der Waals surface area contributed by atoms with Crippen LogP contribution in [0.2, 0.25) is 5.02 Å². The van der Waals surface area contributed by atoms with Crippen molar-refractivity contribution in [2.24, 2.45) is 0 Å². The van der Waals surface area contributed by atoms with Crippen molar-refractivity contribution in [2.45, 2.75) is 17.2 Å². The van der Waals surface area contributed by atoms with E-state index in [0.717, 1.165) is 4.73 Å². The van der Waals surface area contributed by atoms with Gasteiger partial charge in [0.1, 0.15) is 0 Å². The molecule has 0 spiro atoms. The second-order valence-electron chi connectivity index (χ2n) is 4.12. The van der Waals surface area contributed by atoms with Gasteiger partial charge in [-0.1, -0.05) is 17.7 Å². The van der Waals surface area contributed by atoms with E-state index in [1.54, 1.807) is 49.4 Å². The minimum atomic E-state index is -0.392. The Bertz CT molecular complexity index is 622. The van der Waals surface area contributed by atoms with E-state index in [2.05, 4.69) is 5.32 Å². The number of nitrogens with one attached hydrogen (secondary N) is 1. The summed E-state index contributed by atoms with van der Waals surface area (Å²) in [5.74, 6) is -0.180. The third kappa shape index (κ3) is 3.88. The minimum Gasteiger partial charge on any atom is -0.618 e. The molecule has 2 aromatic rings. The Morgan fingerprint density at radius 3 is 2.85 bits per heavy atom. The molecule has 1 N–H and O–H groups in total. The summed E-state index contributed by atoms with van der Waals surface area (Å²) in [5.41, 5.74) is 0.637. The van der Waals surface area contributed by atoms with Crippen LogP contribution in [0.25, 0.3) is 0 Å². The minimum absolute atomic E-state index is 0.180. The van der Waals surface area contributed by atoms with Gasteiger partial charge < -0.3 is 10.5 Å². The van der Waals surface area contributed by atoms with E-state index in [9.17, 15) is 10.0 Å². The van der Waals surface area contributed by atoms with Crippen molar-refractivity contribution < 1.29 is 9.52 Å². The summed E-state index contributed by atoms with van der Waals surface area (Å²) in [6.45, 7) is 1.75. The first-order valence-electron chi connectivity index (χ1n) is 5.97. The molecule has 1 aromatic heterocycles. The lowest BCUT2D eigenvalue weighted by atomic mass is 10.3. The largest absolute Gasteiger partial charge is 0.618 e. The van der Waals surface area contributed by atoms with E-state index in [1.165, 1.54) is 18.0 Å². The number of aromatic nitrogens is 1. The van der Waals surface area contributed by atoms with E-state index in [0.29, 0.717) is 15.7 Å². The lowest BCUT2D eigenvalue weighted by Crippen LogP contribution is -2.30. The number of anilines is 1. The maximum Gasteiger partial charge on any atom is 0.252 e. The Hall–Kier alpha value is -1.72. The third-order valence-electron chi connectivity index (χ3n) is 2.55. The van der Waals surface area contributed by atoms with Crippen LogP contribution in [0.1, 0.15) is 6.92 Å². The van der Waals surface area contributed by atoms with Gasteiger partial charge in [-0.2, -0.15) is 4.73 Å². The van der Waals surface area contributed by atoms with Crippen LogP contribution >= 0.6 is 23.4 Å². The zero-order valence-corrected chi connectivity index (χ0v) is 12.3. The number of amides is 1. The molecule has 104 valence electrons. The molecule has 2 rings (SSSR count). The number of halogens is 1. The molecule has 1 heterocycles. The monoisotopic (exact) mass is 308 g/mol. The van der Waals surface area contributed by atoms with Crippen molar-refractivity contribution in [1.29, 1.82) is 0 Å². The van der Waals surface area contributed by atoms with Gasteiger partial charge in [-0.25, -0.2) is 0 Å². The van der Waals surface area contributed by atoms with Crippen LogP contribution in [0.5, 0.6) is 0 Å². The van der Waals surface area contributed by atoms with E-state index in [1.807, 2.05) is 0 Å². The molecule has 1 atom stereocenters. The smallest absolute Gasteiger partial charge is 0.252 e. The molecule has 0 bridgehead atoms. The Morgan fingerprint density at radius 2 is 2.15 bits per heavy atom. The quantitative estimate of drug-likeness (QED) is 0.536. The number of hydrogen-bond acceptors (Lipinski definition) is 3. The first-order chi connectivity index (χ1) is 9.56. The van der Waals surface area contributed by atoms with Gasteiger partial charge in [0, 0.05) is 22.8 Å². The summed E-state index contributed by atoms with van der Waals surface area (Å²) in [5, 5.41) is 14.9. The van der Waals surface area contributed by atoms with Gasteiger partial charge in [0.15, 0.2) is 6.20 Å². The molecule has 6 heteroatoms. The maximum absolute atomic E-state index is 12.1. The molecule has 0 aliphatic heterocycles. The molecular formula is C14H13ClN2O2S. The van der Waals surface area contributed by atoms with Gasteiger partial charge in [-0.05, 0) is 43.0 Å². The zero-order chi connectivity index (χ0) is 14.5. The number of carbonyl (C=O) groups excluding carboxylic acids is 1. The molecule has 0 saturated heterocycles. The second kappa shape index (κ2) is 6.63. The summed E-state index contributed by atoms with van der Waals surface area (Å²) >= 11 is 7.06. The van der Waals surface area contributed by atoms with Crippen LogP contribution in [0.15, 0.2) is 53.7 Å². The van der Waals surface area contributed by atoms with Crippen LogP contribution in [-0.4, -0.2) is 11.2 Å². The predicted molar refractivity (Wildman–Crippen MR) is 80.8 cm³/mol. The standard InChI is InChI=1S/C14H13ClN2O2S/c1-10(20-13-7-2-3-8-17(13)19)14(18)16-12-6-4-5-11(15)9-12/h2-10H,1H3,(H,16,18)/t10-/m0/s1. The van der Waals surface area contributed by atoms with Crippen molar-refractivity contribution in [3.63, 3.8) is 0 Å². The fourth-order valence-electron chi connectivity index (χ4n) is 1.55. The first kappa shape index (κ1) is 14.7. The Kier molecular flexibility index (Phi) is 4.87. The van der Waals surface area contributed by atoms with Gasteiger partial charge >= 0.3 is 0 Å². The molecule has 0 saturated carbocycles. The lowest BCUT2D eigenvalue weighted by Gasteiger charge is -2.11. The number of carbonyl (C=O) groups is 1. The van der Waals surface area contributed by atoms with Gasteiger partial charge in [-0.3, -0.25) is 4.79 Å². The van der Waals surface area contributed by atoms with Gasteiger partial charge in [0.05, 0.1) is 5.25 Å². The van der Waals surface area contributed by atoms with Crippen molar-refractivity contribution in [2.75, 3.05) is 5.32 Å². The number of benzene rings is 1.